The summed E-state index contributed by atoms with van der Waals surface area (Å²) < 4.78 is 6.16. The van der Waals surface area contributed by atoms with Gasteiger partial charge in [-0.3, -0.25) is 4.79 Å². The number of fused-ring (bicyclic) bond motifs is 1. The highest BCUT2D eigenvalue weighted by molar-refractivity contribution is 9.10. The number of hydrogen-bond donors (Lipinski definition) is 2. The number of hydrogen-bond acceptors (Lipinski definition) is 4. The van der Waals surface area contributed by atoms with Crippen molar-refractivity contribution in [1.29, 1.82) is 0 Å². The second-order valence-corrected chi connectivity index (χ2v) is 7.65. The van der Waals surface area contributed by atoms with Crippen molar-refractivity contribution in [3.05, 3.63) is 68.5 Å². The number of rotatable bonds is 7. The van der Waals surface area contributed by atoms with Crippen molar-refractivity contribution < 1.29 is 14.3 Å². The predicted octanol–water partition coefficient (Wildman–Crippen LogP) is 5.64. The molecule has 2 aromatic carbocycles. The SMILES string of the molecule is CCCCCCc1cc2cc(C(=O)Nc3ccc(Br)cc3)c(=O)oc2cc1O. The first kappa shape index (κ1) is 20.1. The van der Waals surface area contributed by atoms with Gasteiger partial charge in [0.2, 0.25) is 0 Å². The normalized spacial score (nSPS) is 10.9. The second-order valence-electron chi connectivity index (χ2n) is 6.74. The molecule has 1 amide bonds. The quantitative estimate of drug-likeness (QED) is 0.365. The molecule has 3 aromatic rings. The first-order valence-electron chi connectivity index (χ1n) is 9.34. The topological polar surface area (TPSA) is 79.5 Å². The van der Waals surface area contributed by atoms with E-state index in [4.69, 9.17) is 4.42 Å². The number of carbonyl (C=O) groups excluding carboxylic acids is 1. The van der Waals surface area contributed by atoms with Gasteiger partial charge >= 0.3 is 5.63 Å². The Morgan fingerprint density at radius 1 is 1.11 bits per heavy atom. The molecule has 0 unspecified atom stereocenters. The van der Waals surface area contributed by atoms with E-state index in [2.05, 4.69) is 28.2 Å². The number of phenolic OH excluding ortho intramolecular Hbond substituents is 1. The zero-order chi connectivity index (χ0) is 20.1. The Bertz CT molecular complexity index is 1040. The Balaban J connectivity index is 1.87. The van der Waals surface area contributed by atoms with E-state index < -0.39 is 11.5 Å². The van der Waals surface area contributed by atoms with E-state index in [1.807, 2.05) is 0 Å². The summed E-state index contributed by atoms with van der Waals surface area (Å²) in [5.74, 6) is -0.422. The Hall–Kier alpha value is -2.60. The molecular weight excluding hydrogens is 422 g/mol. The van der Waals surface area contributed by atoms with Gasteiger partial charge in [0.25, 0.3) is 5.91 Å². The molecule has 0 fully saturated rings. The van der Waals surface area contributed by atoms with Gasteiger partial charge in [-0.15, -0.1) is 0 Å². The van der Waals surface area contributed by atoms with Crippen LogP contribution in [0.1, 0.15) is 48.5 Å². The van der Waals surface area contributed by atoms with Crippen molar-refractivity contribution in [2.75, 3.05) is 5.32 Å². The standard InChI is InChI=1S/C22H22BrNO4/c1-2-3-4-5-6-14-11-15-12-18(22(27)28-20(15)13-19(14)25)21(26)24-17-9-7-16(23)8-10-17/h7-13,25H,2-6H2,1H3,(H,24,26). The third-order valence-electron chi connectivity index (χ3n) is 4.58. The highest BCUT2D eigenvalue weighted by Gasteiger charge is 2.15. The highest BCUT2D eigenvalue weighted by atomic mass is 79.9. The van der Waals surface area contributed by atoms with Crippen molar-refractivity contribution in [3.8, 4) is 5.75 Å². The molecule has 0 aliphatic heterocycles. The maximum absolute atomic E-state index is 12.5. The maximum atomic E-state index is 12.5. The summed E-state index contributed by atoms with van der Waals surface area (Å²) in [6.45, 7) is 2.15. The zero-order valence-corrected chi connectivity index (χ0v) is 17.2. The average Bonchev–Trinajstić information content (AvgIpc) is 2.67. The lowest BCUT2D eigenvalue weighted by Crippen LogP contribution is -2.20. The molecule has 28 heavy (non-hydrogen) atoms. The lowest BCUT2D eigenvalue weighted by atomic mass is 10.0. The molecule has 0 saturated heterocycles. The molecule has 5 nitrogen and oxygen atoms in total. The fourth-order valence-corrected chi connectivity index (χ4v) is 3.30. The lowest BCUT2D eigenvalue weighted by molar-refractivity contribution is 0.102. The molecule has 6 heteroatoms. The van der Waals surface area contributed by atoms with Crippen LogP contribution in [0.15, 0.2) is 56.1 Å². The minimum absolute atomic E-state index is 0.0713. The highest BCUT2D eigenvalue weighted by Crippen LogP contribution is 2.26. The Morgan fingerprint density at radius 2 is 1.86 bits per heavy atom. The molecule has 0 radical (unpaired) electrons. The zero-order valence-electron chi connectivity index (χ0n) is 15.6. The summed E-state index contributed by atoms with van der Waals surface area (Å²) in [5, 5.41) is 13.5. The van der Waals surface area contributed by atoms with Crippen LogP contribution in [0.2, 0.25) is 0 Å². The Kier molecular flexibility index (Phi) is 6.52. The fraction of sp³-hybridized carbons (Fsp3) is 0.273. The van der Waals surface area contributed by atoms with Gasteiger partial charge in [-0.2, -0.15) is 0 Å². The third-order valence-corrected chi connectivity index (χ3v) is 5.11. The summed E-state index contributed by atoms with van der Waals surface area (Å²) in [6.07, 6.45) is 5.11. The van der Waals surface area contributed by atoms with Crippen LogP contribution in [0.3, 0.4) is 0 Å². The summed E-state index contributed by atoms with van der Waals surface area (Å²) >= 11 is 3.34. The van der Waals surface area contributed by atoms with E-state index in [-0.39, 0.29) is 16.9 Å². The van der Waals surface area contributed by atoms with E-state index in [0.29, 0.717) is 11.1 Å². The third kappa shape index (κ3) is 4.81. The number of carbonyl (C=O) groups is 1. The summed E-state index contributed by atoms with van der Waals surface area (Å²) in [5.41, 5.74) is 0.821. The predicted molar refractivity (Wildman–Crippen MR) is 114 cm³/mol. The molecule has 0 aliphatic carbocycles. The van der Waals surface area contributed by atoms with Gasteiger partial charge in [0.15, 0.2) is 0 Å². The van der Waals surface area contributed by atoms with Crippen molar-refractivity contribution in [2.45, 2.75) is 39.0 Å². The molecule has 2 N–H and O–H groups in total. The summed E-state index contributed by atoms with van der Waals surface area (Å²) in [7, 11) is 0. The molecule has 0 atom stereocenters. The molecule has 0 bridgehead atoms. The monoisotopic (exact) mass is 443 g/mol. The molecule has 1 heterocycles. The van der Waals surface area contributed by atoms with Crippen LogP contribution in [0.5, 0.6) is 5.75 Å². The van der Waals surface area contributed by atoms with Crippen LogP contribution in [0, 0.1) is 0 Å². The maximum Gasteiger partial charge on any atom is 0.349 e. The van der Waals surface area contributed by atoms with Gasteiger partial charge in [0, 0.05) is 21.6 Å². The Morgan fingerprint density at radius 3 is 2.57 bits per heavy atom. The van der Waals surface area contributed by atoms with Crippen LogP contribution < -0.4 is 10.9 Å². The van der Waals surface area contributed by atoms with E-state index in [9.17, 15) is 14.7 Å². The van der Waals surface area contributed by atoms with Gasteiger partial charge in [-0.05, 0) is 54.8 Å². The number of nitrogens with one attached hydrogen (secondary N) is 1. The van der Waals surface area contributed by atoms with Gasteiger partial charge in [0.1, 0.15) is 16.9 Å². The fourth-order valence-electron chi connectivity index (χ4n) is 3.04. The van der Waals surface area contributed by atoms with E-state index in [0.717, 1.165) is 42.1 Å². The largest absolute Gasteiger partial charge is 0.508 e. The van der Waals surface area contributed by atoms with Crippen LogP contribution >= 0.6 is 15.9 Å². The number of halogens is 1. The first-order chi connectivity index (χ1) is 13.5. The lowest BCUT2D eigenvalue weighted by Gasteiger charge is -2.08. The molecule has 146 valence electrons. The van der Waals surface area contributed by atoms with Crippen LogP contribution in [-0.4, -0.2) is 11.0 Å². The van der Waals surface area contributed by atoms with Crippen molar-refractivity contribution >= 4 is 38.5 Å². The second kappa shape index (κ2) is 9.06. The van der Waals surface area contributed by atoms with Crippen molar-refractivity contribution in [2.24, 2.45) is 0 Å². The van der Waals surface area contributed by atoms with E-state index in [1.165, 1.54) is 12.1 Å². The molecule has 0 spiro atoms. The molecule has 3 rings (SSSR count). The number of benzene rings is 2. The van der Waals surface area contributed by atoms with Gasteiger partial charge in [-0.25, -0.2) is 4.79 Å². The molecular formula is C22H22BrNO4. The smallest absolute Gasteiger partial charge is 0.349 e. The van der Waals surface area contributed by atoms with Gasteiger partial charge in [-0.1, -0.05) is 42.1 Å². The van der Waals surface area contributed by atoms with Gasteiger partial charge < -0.3 is 14.8 Å². The number of unbranched alkanes of at least 4 members (excludes halogenated alkanes) is 3. The number of anilines is 1. The van der Waals surface area contributed by atoms with Crippen molar-refractivity contribution in [1.82, 2.24) is 0 Å². The van der Waals surface area contributed by atoms with Crippen LogP contribution in [0.4, 0.5) is 5.69 Å². The first-order valence-corrected chi connectivity index (χ1v) is 10.1. The molecule has 0 saturated carbocycles. The van der Waals surface area contributed by atoms with Crippen LogP contribution in [0.25, 0.3) is 11.0 Å². The number of amides is 1. The van der Waals surface area contributed by atoms with E-state index >= 15 is 0 Å². The minimum Gasteiger partial charge on any atom is -0.508 e. The van der Waals surface area contributed by atoms with E-state index in [1.54, 1.807) is 30.3 Å². The summed E-state index contributed by atoms with van der Waals surface area (Å²) in [4.78, 5) is 24.8. The van der Waals surface area contributed by atoms with Crippen LogP contribution in [-0.2, 0) is 6.42 Å². The Labute approximate surface area is 171 Å². The number of aromatic hydroxyl groups is 1. The van der Waals surface area contributed by atoms with Crippen molar-refractivity contribution in [3.63, 3.8) is 0 Å². The minimum atomic E-state index is -0.739. The molecule has 1 aromatic heterocycles. The summed E-state index contributed by atoms with van der Waals surface area (Å²) in [6, 6.07) is 11.8. The van der Waals surface area contributed by atoms with Gasteiger partial charge in [0.05, 0.1) is 0 Å². The number of phenols is 1. The molecule has 0 aliphatic rings. The number of aryl methyl sites for hydroxylation is 1. The average molecular weight is 444 g/mol.